The third-order valence-electron chi connectivity index (χ3n) is 3.94. The van der Waals surface area contributed by atoms with Crippen molar-refractivity contribution in [3.63, 3.8) is 0 Å². The maximum atomic E-state index is 12.3. The predicted octanol–water partition coefficient (Wildman–Crippen LogP) is 4.11. The summed E-state index contributed by atoms with van der Waals surface area (Å²) in [5.74, 6) is -0.503. The van der Waals surface area contributed by atoms with Crippen molar-refractivity contribution in [3.05, 3.63) is 83.4 Å². The minimum atomic E-state index is -0.580. The molecule has 29 heavy (non-hydrogen) atoms. The van der Waals surface area contributed by atoms with E-state index in [2.05, 4.69) is 4.99 Å². The van der Waals surface area contributed by atoms with Gasteiger partial charge >= 0.3 is 11.9 Å². The average molecular weight is 389 g/mol. The number of nitrogens with zero attached hydrogens (tertiary/aromatic N) is 1. The third-order valence-corrected chi connectivity index (χ3v) is 3.94. The number of aryl methyl sites for hydroxylation is 1. The number of benzene rings is 3. The number of phenols is 1. The summed E-state index contributed by atoms with van der Waals surface area (Å²) in [6.45, 7) is 1.71. The highest BCUT2D eigenvalue weighted by Crippen LogP contribution is 2.25. The molecule has 7 heteroatoms. The van der Waals surface area contributed by atoms with Crippen molar-refractivity contribution < 1.29 is 29.0 Å². The first-order valence-corrected chi connectivity index (χ1v) is 8.48. The molecule has 0 saturated heterocycles. The SMILES string of the molecule is Cc1cc(OC(=O)c2ccc(O)cc2)ccc1OC(=O)c1ccc(N=C=O)cc1. The Hall–Kier alpha value is -4.22. The molecule has 0 amide bonds. The first-order valence-electron chi connectivity index (χ1n) is 8.48. The van der Waals surface area contributed by atoms with Gasteiger partial charge in [-0.2, -0.15) is 4.99 Å². The van der Waals surface area contributed by atoms with Gasteiger partial charge in [-0.05, 0) is 79.2 Å². The lowest BCUT2D eigenvalue weighted by Crippen LogP contribution is -2.10. The molecule has 0 heterocycles. The highest BCUT2D eigenvalue weighted by atomic mass is 16.5. The van der Waals surface area contributed by atoms with Gasteiger partial charge in [-0.1, -0.05) is 0 Å². The Bertz CT molecular complexity index is 1100. The maximum Gasteiger partial charge on any atom is 0.343 e. The second-order valence-electron chi connectivity index (χ2n) is 6.00. The number of ether oxygens (including phenoxy) is 2. The van der Waals surface area contributed by atoms with Crippen LogP contribution in [0.1, 0.15) is 26.3 Å². The third kappa shape index (κ3) is 4.94. The Morgan fingerprint density at radius 2 is 1.45 bits per heavy atom. The molecule has 0 aliphatic carbocycles. The molecule has 144 valence electrons. The Balaban J connectivity index is 1.68. The Morgan fingerprint density at radius 3 is 2.03 bits per heavy atom. The molecule has 0 fully saturated rings. The Kier molecular flexibility index (Phi) is 5.83. The van der Waals surface area contributed by atoms with E-state index in [1.165, 1.54) is 66.7 Å². The van der Waals surface area contributed by atoms with E-state index < -0.39 is 11.9 Å². The van der Waals surface area contributed by atoms with Crippen LogP contribution in [0.15, 0.2) is 71.7 Å². The lowest BCUT2D eigenvalue weighted by Gasteiger charge is -2.10. The predicted molar refractivity (Wildman–Crippen MR) is 103 cm³/mol. The van der Waals surface area contributed by atoms with Crippen molar-refractivity contribution in [2.75, 3.05) is 0 Å². The van der Waals surface area contributed by atoms with E-state index in [4.69, 9.17) is 9.47 Å². The first-order chi connectivity index (χ1) is 14.0. The van der Waals surface area contributed by atoms with Crippen LogP contribution >= 0.6 is 0 Å². The van der Waals surface area contributed by atoms with Crippen LogP contribution in [0.4, 0.5) is 5.69 Å². The Labute approximate surface area is 165 Å². The van der Waals surface area contributed by atoms with Crippen molar-refractivity contribution in [2.45, 2.75) is 6.92 Å². The van der Waals surface area contributed by atoms with Crippen molar-refractivity contribution in [1.82, 2.24) is 0 Å². The minimum absolute atomic E-state index is 0.0506. The van der Waals surface area contributed by atoms with Crippen LogP contribution < -0.4 is 9.47 Å². The van der Waals surface area contributed by atoms with Gasteiger partial charge in [0.1, 0.15) is 17.2 Å². The average Bonchev–Trinajstić information content (AvgIpc) is 2.71. The monoisotopic (exact) mass is 389 g/mol. The summed E-state index contributed by atoms with van der Waals surface area (Å²) >= 11 is 0. The maximum absolute atomic E-state index is 12.3. The molecule has 0 aromatic heterocycles. The highest BCUT2D eigenvalue weighted by molar-refractivity contribution is 5.92. The van der Waals surface area contributed by atoms with Crippen molar-refractivity contribution in [1.29, 1.82) is 0 Å². The molecule has 0 atom stereocenters. The fraction of sp³-hybridized carbons (Fsp3) is 0.0455. The summed E-state index contributed by atoms with van der Waals surface area (Å²) < 4.78 is 10.7. The van der Waals surface area contributed by atoms with E-state index in [9.17, 15) is 19.5 Å². The van der Waals surface area contributed by atoms with Crippen LogP contribution in [0.25, 0.3) is 0 Å². The molecule has 7 nitrogen and oxygen atoms in total. The largest absolute Gasteiger partial charge is 0.508 e. The number of phenolic OH excluding ortho intramolecular Hbond substituents is 1. The van der Waals surface area contributed by atoms with Crippen LogP contribution in [-0.2, 0) is 4.79 Å². The van der Waals surface area contributed by atoms with E-state index in [1.54, 1.807) is 13.0 Å². The van der Waals surface area contributed by atoms with Gasteiger partial charge in [0.05, 0.1) is 16.8 Å². The number of rotatable bonds is 5. The van der Waals surface area contributed by atoms with Crippen LogP contribution in [-0.4, -0.2) is 23.1 Å². The van der Waals surface area contributed by atoms with Crippen LogP contribution in [0, 0.1) is 6.92 Å². The van der Waals surface area contributed by atoms with Crippen LogP contribution in [0.2, 0.25) is 0 Å². The molecule has 0 aliphatic heterocycles. The number of aliphatic imine (C=N–C) groups is 1. The van der Waals surface area contributed by atoms with Crippen molar-refractivity contribution in [2.24, 2.45) is 4.99 Å². The standard InChI is InChI=1S/C22H15NO6/c1-14-12-19(28-21(26)16-4-8-18(25)9-5-16)10-11-20(14)29-22(27)15-2-6-17(7-3-15)23-13-24/h2-12,25H,1H3. The first kappa shape index (κ1) is 19.5. The zero-order valence-corrected chi connectivity index (χ0v) is 15.3. The molecule has 3 rings (SSSR count). The fourth-order valence-corrected chi connectivity index (χ4v) is 2.45. The summed E-state index contributed by atoms with van der Waals surface area (Å²) in [6.07, 6.45) is 1.42. The van der Waals surface area contributed by atoms with Gasteiger partial charge in [0, 0.05) is 0 Å². The van der Waals surface area contributed by atoms with Gasteiger partial charge in [-0.3, -0.25) is 0 Å². The molecule has 1 N–H and O–H groups in total. The number of carbonyl (C=O) groups is 2. The molecular weight excluding hydrogens is 374 g/mol. The second kappa shape index (κ2) is 8.65. The summed E-state index contributed by atoms with van der Waals surface area (Å²) in [6, 6.07) is 16.3. The fourth-order valence-electron chi connectivity index (χ4n) is 2.45. The highest BCUT2D eigenvalue weighted by Gasteiger charge is 2.13. The zero-order valence-electron chi connectivity index (χ0n) is 15.3. The van der Waals surface area contributed by atoms with Gasteiger partial charge in [0.2, 0.25) is 6.08 Å². The van der Waals surface area contributed by atoms with Crippen LogP contribution in [0.3, 0.4) is 0 Å². The Morgan fingerprint density at radius 1 is 0.862 bits per heavy atom. The molecule has 3 aromatic rings. The van der Waals surface area contributed by atoms with E-state index in [-0.39, 0.29) is 17.1 Å². The van der Waals surface area contributed by atoms with Gasteiger partial charge in [-0.15, -0.1) is 0 Å². The van der Waals surface area contributed by atoms with E-state index in [0.717, 1.165) is 0 Å². The van der Waals surface area contributed by atoms with E-state index >= 15 is 0 Å². The molecular formula is C22H15NO6. The van der Waals surface area contributed by atoms with Crippen molar-refractivity contribution in [3.8, 4) is 17.2 Å². The van der Waals surface area contributed by atoms with Gasteiger partial charge in [0.25, 0.3) is 0 Å². The summed E-state index contributed by atoms with van der Waals surface area (Å²) in [4.78, 5) is 38.1. The van der Waals surface area contributed by atoms with Gasteiger partial charge in [-0.25, -0.2) is 14.4 Å². The van der Waals surface area contributed by atoms with E-state index in [1.807, 2.05) is 0 Å². The lowest BCUT2D eigenvalue weighted by atomic mass is 10.2. The van der Waals surface area contributed by atoms with Crippen molar-refractivity contribution >= 4 is 23.7 Å². The van der Waals surface area contributed by atoms with Gasteiger partial charge in [0.15, 0.2) is 0 Å². The minimum Gasteiger partial charge on any atom is -0.508 e. The smallest absolute Gasteiger partial charge is 0.343 e. The number of carbonyl (C=O) groups excluding carboxylic acids is 3. The number of esters is 2. The molecule has 0 saturated carbocycles. The summed E-state index contributed by atoms with van der Waals surface area (Å²) in [5.41, 5.74) is 1.56. The summed E-state index contributed by atoms with van der Waals surface area (Å²) in [5, 5.41) is 9.27. The topological polar surface area (TPSA) is 102 Å². The number of hydrogen-bond donors (Lipinski definition) is 1. The molecule has 0 unspecified atom stereocenters. The van der Waals surface area contributed by atoms with E-state index in [0.29, 0.717) is 22.6 Å². The molecule has 0 radical (unpaired) electrons. The summed E-state index contributed by atoms with van der Waals surface area (Å²) in [7, 11) is 0. The van der Waals surface area contributed by atoms with Crippen LogP contribution in [0.5, 0.6) is 17.2 Å². The van der Waals surface area contributed by atoms with Gasteiger partial charge < -0.3 is 14.6 Å². The lowest BCUT2D eigenvalue weighted by molar-refractivity contribution is 0.0718. The number of isocyanates is 1. The molecule has 0 aliphatic rings. The number of hydrogen-bond acceptors (Lipinski definition) is 7. The molecule has 0 spiro atoms. The number of aromatic hydroxyl groups is 1. The molecule has 0 bridgehead atoms. The quantitative estimate of drug-likeness (QED) is 0.305. The normalized spacial score (nSPS) is 9.97. The second-order valence-corrected chi connectivity index (χ2v) is 6.00. The zero-order chi connectivity index (χ0) is 20.8. The molecule has 3 aromatic carbocycles.